The Hall–Kier alpha value is -1.82. The zero-order valence-corrected chi connectivity index (χ0v) is 12.5. The maximum atomic E-state index is 11.8. The number of amides is 1. The molecule has 0 bridgehead atoms. The fraction of sp³-hybridized carbons (Fsp3) is 0.462. The van der Waals surface area contributed by atoms with Crippen molar-refractivity contribution in [2.75, 3.05) is 32.1 Å². The first-order valence-electron chi connectivity index (χ1n) is 6.21. The normalized spacial score (nSPS) is 10.2. The average molecular weight is 300 g/mol. The van der Waals surface area contributed by atoms with Gasteiger partial charge in [-0.15, -0.1) is 0 Å². The molecule has 0 unspecified atom stereocenters. The van der Waals surface area contributed by atoms with Crippen molar-refractivity contribution in [2.45, 2.75) is 13.3 Å². The van der Waals surface area contributed by atoms with E-state index in [1.54, 1.807) is 19.0 Å². The predicted octanol–water partition coefficient (Wildman–Crippen LogP) is 1.74. The highest BCUT2D eigenvalue weighted by atomic mass is 35.5. The lowest BCUT2D eigenvalue weighted by molar-refractivity contribution is -0.127. The molecule has 0 aliphatic carbocycles. The highest BCUT2D eigenvalue weighted by Gasteiger charge is 2.16. The molecule has 0 saturated heterocycles. The van der Waals surface area contributed by atoms with Gasteiger partial charge in [-0.2, -0.15) is 0 Å². The summed E-state index contributed by atoms with van der Waals surface area (Å²) in [5, 5.41) is 9.13. The predicted molar refractivity (Wildman–Crippen MR) is 77.4 cm³/mol. The van der Waals surface area contributed by atoms with Gasteiger partial charge in [0.2, 0.25) is 5.91 Å². The SMILES string of the molecule is CCCN(CC(=O)N(C)C)c1cc(C(=O)O)cc(Cl)n1. The number of carbonyl (C=O) groups excluding carboxylic acids is 1. The second-order valence-corrected chi connectivity index (χ2v) is 4.94. The van der Waals surface area contributed by atoms with E-state index in [1.165, 1.54) is 17.0 Å². The number of halogens is 1. The molecule has 0 atom stereocenters. The highest BCUT2D eigenvalue weighted by Crippen LogP contribution is 2.18. The number of carboxylic acid groups (broad SMARTS) is 1. The molecule has 20 heavy (non-hydrogen) atoms. The van der Waals surface area contributed by atoms with Crippen molar-refractivity contribution >= 4 is 29.3 Å². The first-order chi connectivity index (χ1) is 9.35. The number of likely N-dealkylation sites (N-methyl/N-ethyl adjacent to an activating group) is 1. The number of hydrogen-bond donors (Lipinski definition) is 1. The molecule has 0 aliphatic rings. The van der Waals surface area contributed by atoms with Gasteiger partial charge in [0, 0.05) is 20.6 Å². The smallest absolute Gasteiger partial charge is 0.335 e. The van der Waals surface area contributed by atoms with Crippen molar-refractivity contribution < 1.29 is 14.7 Å². The maximum absolute atomic E-state index is 11.8. The van der Waals surface area contributed by atoms with Gasteiger partial charge < -0.3 is 14.9 Å². The van der Waals surface area contributed by atoms with Crippen LogP contribution in [0.2, 0.25) is 5.15 Å². The summed E-state index contributed by atoms with van der Waals surface area (Å²) in [6.07, 6.45) is 0.803. The Morgan fingerprint density at radius 3 is 2.50 bits per heavy atom. The van der Waals surface area contributed by atoms with Crippen LogP contribution in [0.5, 0.6) is 0 Å². The van der Waals surface area contributed by atoms with Gasteiger partial charge in [-0.1, -0.05) is 18.5 Å². The number of pyridine rings is 1. The molecule has 0 radical (unpaired) electrons. The van der Waals surface area contributed by atoms with Crippen LogP contribution in [-0.4, -0.2) is 54.1 Å². The van der Waals surface area contributed by atoms with E-state index in [4.69, 9.17) is 16.7 Å². The van der Waals surface area contributed by atoms with Crippen LogP contribution in [0, 0.1) is 0 Å². The van der Waals surface area contributed by atoms with E-state index in [2.05, 4.69) is 4.98 Å². The van der Waals surface area contributed by atoms with Crippen molar-refractivity contribution in [3.05, 3.63) is 22.8 Å². The minimum absolute atomic E-state index is 0.0541. The fourth-order valence-corrected chi connectivity index (χ4v) is 1.82. The first-order valence-corrected chi connectivity index (χ1v) is 6.59. The summed E-state index contributed by atoms with van der Waals surface area (Å²) in [4.78, 5) is 30.2. The molecular formula is C13H18ClN3O3. The van der Waals surface area contributed by atoms with Crippen molar-refractivity contribution in [3.8, 4) is 0 Å². The van der Waals surface area contributed by atoms with E-state index in [0.29, 0.717) is 12.4 Å². The first kappa shape index (κ1) is 16.2. The number of hydrogen-bond acceptors (Lipinski definition) is 4. The largest absolute Gasteiger partial charge is 0.478 e. The van der Waals surface area contributed by atoms with Crippen LogP contribution < -0.4 is 4.90 Å². The molecule has 1 amide bonds. The van der Waals surface area contributed by atoms with Crippen LogP contribution in [0.1, 0.15) is 23.7 Å². The molecule has 1 N–H and O–H groups in total. The van der Waals surface area contributed by atoms with Gasteiger partial charge in [-0.25, -0.2) is 9.78 Å². The number of anilines is 1. The van der Waals surface area contributed by atoms with E-state index in [0.717, 1.165) is 6.42 Å². The van der Waals surface area contributed by atoms with E-state index < -0.39 is 5.97 Å². The van der Waals surface area contributed by atoms with Crippen molar-refractivity contribution in [2.24, 2.45) is 0 Å². The van der Waals surface area contributed by atoms with Crippen LogP contribution in [0.3, 0.4) is 0 Å². The number of rotatable bonds is 6. The molecule has 1 aromatic rings. The molecule has 110 valence electrons. The van der Waals surface area contributed by atoms with E-state index in [-0.39, 0.29) is 23.2 Å². The Morgan fingerprint density at radius 2 is 2.00 bits per heavy atom. The zero-order chi connectivity index (χ0) is 15.3. The van der Waals surface area contributed by atoms with Crippen molar-refractivity contribution in [1.29, 1.82) is 0 Å². The standard InChI is InChI=1S/C13H18ClN3O3/c1-4-5-17(8-12(18)16(2)3)11-7-9(13(19)20)6-10(14)15-11/h6-7H,4-5,8H2,1-3H3,(H,19,20). The third kappa shape index (κ3) is 4.38. The van der Waals surface area contributed by atoms with Crippen LogP contribution >= 0.6 is 11.6 Å². The number of nitrogens with zero attached hydrogens (tertiary/aromatic N) is 3. The topological polar surface area (TPSA) is 73.7 Å². The summed E-state index contributed by atoms with van der Waals surface area (Å²) >= 11 is 5.84. The second kappa shape index (κ2) is 7.09. The van der Waals surface area contributed by atoms with Crippen LogP contribution in [0.15, 0.2) is 12.1 Å². The molecule has 0 saturated carbocycles. The van der Waals surface area contributed by atoms with Gasteiger partial charge in [-0.05, 0) is 18.6 Å². The summed E-state index contributed by atoms with van der Waals surface area (Å²) in [6.45, 7) is 2.69. The number of aromatic nitrogens is 1. The third-order valence-corrected chi connectivity index (χ3v) is 2.86. The van der Waals surface area contributed by atoms with Gasteiger partial charge in [0.25, 0.3) is 0 Å². The molecule has 6 nitrogen and oxygen atoms in total. The van der Waals surface area contributed by atoms with Crippen LogP contribution in [-0.2, 0) is 4.79 Å². The molecule has 0 aromatic carbocycles. The number of carbonyl (C=O) groups is 2. The number of aromatic carboxylic acids is 1. The summed E-state index contributed by atoms with van der Waals surface area (Å²) in [5.41, 5.74) is 0.0541. The maximum Gasteiger partial charge on any atom is 0.335 e. The second-order valence-electron chi connectivity index (χ2n) is 4.55. The van der Waals surface area contributed by atoms with Crippen molar-refractivity contribution in [1.82, 2.24) is 9.88 Å². The third-order valence-electron chi connectivity index (χ3n) is 2.67. The Morgan fingerprint density at radius 1 is 1.35 bits per heavy atom. The molecule has 0 spiro atoms. The van der Waals surface area contributed by atoms with E-state index in [9.17, 15) is 9.59 Å². The van der Waals surface area contributed by atoms with Gasteiger partial charge in [0.05, 0.1) is 12.1 Å². The number of carboxylic acids is 1. The monoisotopic (exact) mass is 299 g/mol. The van der Waals surface area contributed by atoms with Gasteiger partial charge in [-0.3, -0.25) is 4.79 Å². The lowest BCUT2D eigenvalue weighted by Crippen LogP contribution is -2.37. The summed E-state index contributed by atoms with van der Waals surface area (Å²) in [6, 6.07) is 2.71. The minimum Gasteiger partial charge on any atom is -0.478 e. The minimum atomic E-state index is -1.08. The molecule has 1 rings (SSSR count). The lowest BCUT2D eigenvalue weighted by atomic mass is 10.2. The quantitative estimate of drug-likeness (QED) is 0.810. The Bertz CT molecular complexity index is 506. The fourth-order valence-electron chi connectivity index (χ4n) is 1.62. The Labute approximate surface area is 123 Å². The van der Waals surface area contributed by atoms with Crippen molar-refractivity contribution in [3.63, 3.8) is 0 Å². The molecule has 0 fully saturated rings. The summed E-state index contributed by atoms with van der Waals surface area (Å²) in [7, 11) is 3.33. The van der Waals surface area contributed by atoms with Gasteiger partial charge in [0.1, 0.15) is 11.0 Å². The molecule has 1 aromatic heterocycles. The lowest BCUT2D eigenvalue weighted by Gasteiger charge is -2.24. The average Bonchev–Trinajstić information content (AvgIpc) is 2.37. The molecule has 7 heteroatoms. The van der Waals surface area contributed by atoms with Gasteiger partial charge in [0.15, 0.2) is 0 Å². The van der Waals surface area contributed by atoms with Gasteiger partial charge >= 0.3 is 5.97 Å². The Kier molecular flexibility index (Phi) is 5.76. The molecular weight excluding hydrogens is 282 g/mol. The summed E-state index contributed by atoms with van der Waals surface area (Å²) < 4.78 is 0. The molecule has 0 aliphatic heterocycles. The van der Waals surface area contributed by atoms with E-state index >= 15 is 0 Å². The summed E-state index contributed by atoms with van der Waals surface area (Å²) in [5.74, 6) is -0.769. The Balaban J connectivity index is 3.07. The zero-order valence-electron chi connectivity index (χ0n) is 11.8. The van der Waals surface area contributed by atoms with E-state index in [1.807, 2.05) is 6.92 Å². The highest BCUT2D eigenvalue weighted by molar-refractivity contribution is 6.29. The molecule has 1 heterocycles. The van der Waals surface area contributed by atoms with Crippen LogP contribution in [0.25, 0.3) is 0 Å². The van der Waals surface area contributed by atoms with Crippen LogP contribution in [0.4, 0.5) is 5.82 Å².